The minimum atomic E-state index is -3.74. The van der Waals surface area contributed by atoms with Crippen LogP contribution in [0.1, 0.15) is 23.8 Å². The van der Waals surface area contributed by atoms with Crippen molar-refractivity contribution >= 4 is 26.8 Å². The second-order valence-electron chi connectivity index (χ2n) is 4.05. The van der Waals surface area contributed by atoms with Gasteiger partial charge >= 0.3 is 5.97 Å². The molecule has 108 valence electrons. The van der Waals surface area contributed by atoms with Crippen LogP contribution in [-0.4, -0.2) is 46.7 Å². The van der Waals surface area contributed by atoms with E-state index < -0.39 is 26.8 Å². The molecule has 0 fully saturated rings. The van der Waals surface area contributed by atoms with E-state index in [-0.39, 0.29) is 22.4 Å². The van der Waals surface area contributed by atoms with E-state index in [1.54, 1.807) is 13.2 Å². The molecule has 7 nitrogen and oxygen atoms in total. The van der Waals surface area contributed by atoms with E-state index in [0.717, 1.165) is 12.3 Å². The lowest BCUT2D eigenvalue weighted by molar-refractivity contribution is 0.0691. The molecule has 0 amide bonds. The number of sulfonamides is 1. The number of aromatic carboxylic acids is 1. The van der Waals surface area contributed by atoms with Gasteiger partial charge in [-0.25, -0.2) is 17.9 Å². The van der Waals surface area contributed by atoms with Gasteiger partial charge in [-0.15, -0.1) is 0 Å². The van der Waals surface area contributed by atoms with Crippen molar-refractivity contribution in [3.8, 4) is 0 Å². The van der Waals surface area contributed by atoms with Crippen LogP contribution in [0.5, 0.6) is 0 Å². The fraction of sp³-hybridized carbons (Fsp3) is 0.500. The van der Waals surface area contributed by atoms with Gasteiger partial charge in [0.2, 0.25) is 10.0 Å². The van der Waals surface area contributed by atoms with E-state index in [2.05, 4.69) is 9.71 Å². The Bertz CT molecular complexity index is 578. The summed E-state index contributed by atoms with van der Waals surface area (Å²) < 4.78 is 37.1. The Morgan fingerprint density at radius 3 is 2.68 bits per heavy atom. The predicted octanol–water partition coefficient (Wildman–Crippen LogP) is 0.148. The largest absolute Gasteiger partial charge is 0.477 e. The van der Waals surface area contributed by atoms with Gasteiger partial charge in [0.15, 0.2) is 0 Å². The summed E-state index contributed by atoms with van der Waals surface area (Å²) in [7, 11) is -4.74. The molecule has 3 N–H and O–H groups in total. The maximum Gasteiger partial charge on any atom is 0.352 e. The number of rotatable bonds is 7. The van der Waals surface area contributed by atoms with Crippen LogP contribution in [0.25, 0.3) is 0 Å². The van der Waals surface area contributed by atoms with E-state index in [1.807, 2.05) is 0 Å². The zero-order valence-corrected chi connectivity index (χ0v) is 12.2. The Kier molecular flexibility index (Phi) is 5.27. The Balaban J connectivity index is 2.65. The minimum absolute atomic E-state index is 0.108. The highest BCUT2D eigenvalue weighted by molar-refractivity contribution is 7.89. The van der Waals surface area contributed by atoms with Gasteiger partial charge in [-0.3, -0.25) is 4.21 Å². The number of carbonyl (C=O) groups is 1. The van der Waals surface area contributed by atoms with Crippen LogP contribution in [0.2, 0.25) is 0 Å². The number of aromatic nitrogens is 1. The quantitative estimate of drug-likeness (QED) is 0.663. The van der Waals surface area contributed by atoms with Crippen molar-refractivity contribution in [2.75, 3.05) is 12.8 Å². The van der Waals surface area contributed by atoms with Crippen molar-refractivity contribution in [2.24, 2.45) is 0 Å². The minimum Gasteiger partial charge on any atom is -0.477 e. The smallest absolute Gasteiger partial charge is 0.352 e. The lowest BCUT2D eigenvalue weighted by atomic mass is 10.3. The van der Waals surface area contributed by atoms with Crippen LogP contribution in [0.4, 0.5) is 0 Å². The molecule has 0 aliphatic carbocycles. The van der Waals surface area contributed by atoms with Gasteiger partial charge in [0.1, 0.15) is 10.6 Å². The van der Waals surface area contributed by atoms with Gasteiger partial charge in [0, 0.05) is 35.0 Å². The molecule has 0 aromatic carbocycles. The van der Waals surface area contributed by atoms with Crippen LogP contribution in [0.15, 0.2) is 17.2 Å². The second kappa shape index (κ2) is 6.31. The summed E-state index contributed by atoms with van der Waals surface area (Å²) in [6, 6.07) is 1.05. The maximum absolute atomic E-state index is 11.8. The van der Waals surface area contributed by atoms with Crippen molar-refractivity contribution in [1.29, 1.82) is 0 Å². The average Bonchev–Trinajstić information content (AvgIpc) is 2.78. The number of hydrogen-bond donors (Lipinski definition) is 3. The molecule has 19 heavy (non-hydrogen) atoms. The number of aromatic amines is 1. The second-order valence-corrected chi connectivity index (χ2v) is 7.62. The highest BCUT2D eigenvalue weighted by Gasteiger charge is 2.18. The SMILES string of the molecule is CC(CCNS(=O)(=O)c1c[nH]c(C(=O)O)c1)S(C)=O. The number of carboxylic acid groups (broad SMARTS) is 1. The first-order chi connectivity index (χ1) is 8.74. The molecule has 1 heterocycles. The molecule has 0 radical (unpaired) electrons. The van der Waals surface area contributed by atoms with Crippen molar-refractivity contribution in [3.63, 3.8) is 0 Å². The highest BCUT2D eigenvalue weighted by atomic mass is 32.2. The molecule has 0 bridgehead atoms. The van der Waals surface area contributed by atoms with Crippen molar-refractivity contribution < 1.29 is 22.5 Å². The number of hydrogen-bond acceptors (Lipinski definition) is 4. The Morgan fingerprint density at radius 1 is 1.58 bits per heavy atom. The first-order valence-corrected chi connectivity index (χ1v) is 8.58. The summed E-state index contributed by atoms with van der Waals surface area (Å²) >= 11 is 0. The topological polar surface area (TPSA) is 116 Å². The van der Waals surface area contributed by atoms with E-state index in [9.17, 15) is 17.4 Å². The number of H-pyrrole nitrogens is 1. The van der Waals surface area contributed by atoms with Crippen LogP contribution >= 0.6 is 0 Å². The van der Waals surface area contributed by atoms with Gasteiger partial charge in [0.05, 0.1) is 0 Å². The summed E-state index contributed by atoms with van der Waals surface area (Å²) in [5.41, 5.74) is -0.191. The van der Waals surface area contributed by atoms with E-state index in [0.29, 0.717) is 6.42 Å². The van der Waals surface area contributed by atoms with Crippen LogP contribution in [0.3, 0.4) is 0 Å². The third-order valence-corrected chi connectivity index (χ3v) is 5.42. The molecule has 2 atom stereocenters. The third kappa shape index (κ3) is 4.44. The summed E-state index contributed by atoms with van der Waals surface area (Å²) in [6.07, 6.45) is 3.12. The zero-order chi connectivity index (χ0) is 14.6. The van der Waals surface area contributed by atoms with Crippen LogP contribution in [-0.2, 0) is 20.8 Å². The predicted molar refractivity (Wildman–Crippen MR) is 71.1 cm³/mol. The van der Waals surface area contributed by atoms with Gasteiger partial charge in [-0.05, 0) is 12.5 Å². The number of carboxylic acids is 1. The van der Waals surface area contributed by atoms with Gasteiger partial charge in [0.25, 0.3) is 0 Å². The average molecular weight is 308 g/mol. The van der Waals surface area contributed by atoms with Crippen LogP contribution in [0, 0.1) is 0 Å². The molecule has 0 aliphatic rings. The van der Waals surface area contributed by atoms with Crippen molar-refractivity contribution in [1.82, 2.24) is 9.71 Å². The molecule has 0 spiro atoms. The fourth-order valence-corrected chi connectivity index (χ4v) is 2.79. The molecule has 0 saturated carbocycles. The van der Waals surface area contributed by atoms with Crippen molar-refractivity contribution in [3.05, 3.63) is 18.0 Å². The molecule has 0 saturated heterocycles. The fourth-order valence-electron chi connectivity index (χ4n) is 1.30. The molecule has 1 aromatic rings. The van der Waals surface area contributed by atoms with E-state index in [4.69, 9.17) is 5.11 Å². The summed E-state index contributed by atoms with van der Waals surface area (Å²) in [6.45, 7) is 1.92. The molecule has 2 unspecified atom stereocenters. The molecular formula is C10H16N2O5S2. The van der Waals surface area contributed by atoms with Gasteiger partial charge in [-0.2, -0.15) is 0 Å². The Morgan fingerprint density at radius 2 is 2.21 bits per heavy atom. The lowest BCUT2D eigenvalue weighted by Gasteiger charge is -2.08. The molecule has 1 rings (SSSR count). The monoisotopic (exact) mass is 308 g/mol. The molecular weight excluding hydrogens is 292 g/mol. The Hall–Kier alpha value is -1.19. The molecule has 9 heteroatoms. The first kappa shape index (κ1) is 15.9. The molecule has 1 aromatic heterocycles. The summed E-state index contributed by atoms with van der Waals surface area (Å²) in [5.74, 6) is -1.23. The van der Waals surface area contributed by atoms with Crippen molar-refractivity contribution in [2.45, 2.75) is 23.5 Å². The summed E-state index contributed by atoms with van der Waals surface area (Å²) in [4.78, 5) is 12.9. The zero-order valence-electron chi connectivity index (χ0n) is 10.5. The normalized spacial score (nSPS) is 15.1. The third-order valence-electron chi connectivity index (χ3n) is 2.61. The number of nitrogens with one attached hydrogen (secondary N) is 2. The van der Waals surface area contributed by atoms with E-state index >= 15 is 0 Å². The van der Waals surface area contributed by atoms with E-state index in [1.165, 1.54) is 0 Å². The summed E-state index contributed by atoms with van der Waals surface area (Å²) in [5, 5.41) is 8.59. The molecule has 0 aliphatic heterocycles. The maximum atomic E-state index is 11.8. The Labute approximate surface area is 113 Å². The lowest BCUT2D eigenvalue weighted by Crippen LogP contribution is -2.27. The van der Waals surface area contributed by atoms with Gasteiger partial charge < -0.3 is 10.1 Å². The first-order valence-electron chi connectivity index (χ1n) is 5.47. The van der Waals surface area contributed by atoms with Gasteiger partial charge in [-0.1, -0.05) is 6.92 Å². The highest BCUT2D eigenvalue weighted by Crippen LogP contribution is 2.10. The van der Waals surface area contributed by atoms with Crippen LogP contribution < -0.4 is 4.72 Å². The standard InChI is InChI=1S/C10H16N2O5S2/c1-7(18(2)15)3-4-12-19(16,17)8-5-9(10(13)14)11-6-8/h5-7,11-12H,3-4H2,1-2H3,(H,13,14).